The van der Waals surface area contributed by atoms with Crippen LogP contribution in [-0.2, 0) is 0 Å². The van der Waals surface area contributed by atoms with Gasteiger partial charge in [-0.1, -0.05) is 12.1 Å². The Hall–Kier alpha value is -1.02. The van der Waals surface area contributed by atoms with Crippen molar-refractivity contribution in [3.63, 3.8) is 0 Å². The van der Waals surface area contributed by atoms with Crippen LogP contribution in [0.5, 0.6) is 0 Å². The van der Waals surface area contributed by atoms with E-state index in [2.05, 4.69) is 63.0 Å². The zero-order valence-corrected chi connectivity index (χ0v) is 12.4. The first-order chi connectivity index (χ1) is 8.40. The van der Waals surface area contributed by atoms with E-state index in [1.807, 2.05) is 0 Å². The molecule has 0 radical (unpaired) electrons. The summed E-state index contributed by atoms with van der Waals surface area (Å²) in [6, 6.07) is 7.37. The molecule has 0 aromatic heterocycles. The van der Waals surface area contributed by atoms with E-state index >= 15 is 0 Å². The Bertz CT molecular complexity index is 423. The van der Waals surface area contributed by atoms with Gasteiger partial charge in [0.2, 0.25) is 0 Å². The summed E-state index contributed by atoms with van der Waals surface area (Å²) in [4.78, 5) is 2.58. The minimum absolute atomic E-state index is 0.170. The second kappa shape index (κ2) is 4.93. The second-order valence-corrected chi connectivity index (χ2v) is 6.32. The summed E-state index contributed by atoms with van der Waals surface area (Å²) in [5.41, 5.74) is 4.29. The van der Waals surface area contributed by atoms with E-state index in [4.69, 9.17) is 0 Å². The maximum absolute atomic E-state index is 3.63. The van der Waals surface area contributed by atoms with Gasteiger partial charge in [0.05, 0.1) is 0 Å². The Balaban J connectivity index is 2.37. The van der Waals surface area contributed by atoms with Crippen molar-refractivity contribution >= 4 is 5.69 Å². The van der Waals surface area contributed by atoms with Gasteiger partial charge in [0.1, 0.15) is 0 Å². The molecule has 2 rings (SSSR count). The molecule has 0 spiro atoms. The fraction of sp³-hybridized carbons (Fsp3) is 0.625. The largest absolute Gasteiger partial charge is 0.365 e. The van der Waals surface area contributed by atoms with Crippen molar-refractivity contribution in [1.82, 2.24) is 5.32 Å². The molecule has 1 saturated heterocycles. The molecule has 1 heterocycles. The lowest BCUT2D eigenvalue weighted by atomic mass is 9.99. The lowest BCUT2D eigenvalue weighted by Crippen LogP contribution is -2.49. The number of nitrogens with zero attached hydrogens (tertiary/aromatic N) is 1. The molecule has 1 aromatic carbocycles. The third kappa shape index (κ3) is 2.69. The van der Waals surface area contributed by atoms with Crippen molar-refractivity contribution in [3.8, 4) is 0 Å². The molecule has 2 nitrogen and oxygen atoms in total. The van der Waals surface area contributed by atoms with Gasteiger partial charge in [0.15, 0.2) is 0 Å². The summed E-state index contributed by atoms with van der Waals surface area (Å²) >= 11 is 0. The summed E-state index contributed by atoms with van der Waals surface area (Å²) in [6.07, 6.45) is 1.21. The van der Waals surface area contributed by atoms with Crippen LogP contribution < -0.4 is 10.2 Å². The van der Waals surface area contributed by atoms with Crippen LogP contribution in [0, 0.1) is 13.8 Å². The molecule has 2 heteroatoms. The highest BCUT2D eigenvalue weighted by Gasteiger charge is 2.30. The Kier molecular flexibility index (Phi) is 3.67. The normalized spacial score (nSPS) is 23.8. The van der Waals surface area contributed by atoms with Gasteiger partial charge < -0.3 is 10.2 Å². The van der Waals surface area contributed by atoms with Crippen LogP contribution in [-0.4, -0.2) is 24.7 Å². The topological polar surface area (TPSA) is 15.3 Å². The van der Waals surface area contributed by atoms with Gasteiger partial charge in [-0.05, 0) is 58.2 Å². The highest BCUT2D eigenvalue weighted by Crippen LogP contribution is 2.30. The van der Waals surface area contributed by atoms with Gasteiger partial charge in [-0.15, -0.1) is 0 Å². The Morgan fingerprint density at radius 2 is 2.00 bits per heavy atom. The maximum Gasteiger partial charge on any atom is 0.0470 e. The Morgan fingerprint density at radius 1 is 1.28 bits per heavy atom. The molecule has 0 saturated carbocycles. The summed E-state index contributed by atoms with van der Waals surface area (Å²) in [6.45, 7) is 13.5. The number of rotatable bonds is 1. The molecule has 1 fully saturated rings. The Morgan fingerprint density at radius 3 is 2.72 bits per heavy atom. The van der Waals surface area contributed by atoms with E-state index in [-0.39, 0.29) is 5.54 Å². The predicted octanol–water partition coefficient (Wildman–Crippen LogP) is 3.27. The summed E-state index contributed by atoms with van der Waals surface area (Å²) < 4.78 is 0. The van der Waals surface area contributed by atoms with Crippen LogP contribution in [0.3, 0.4) is 0 Å². The van der Waals surface area contributed by atoms with E-state index in [0.717, 1.165) is 13.1 Å². The van der Waals surface area contributed by atoms with E-state index in [9.17, 15) is 0 Å². The summed E-state index contributed by atoms with van der Waals surface area (Å²) in [5.74, 6) is 0. The van der Waals surface area contributed by atoms with Crippen molar-refractivity contribution < 1.29 is 0 Å². The lowest BCUT2D eigenvalue weighted by Gasteiger charge is -2.40. The van der Waals surface area contributed by atoms with Gasteiger partial charge in [0.25, 0.3) is 0 Å². The third-order valence-electron chi connectivity index (χ3n) is 4.05. The molecule has 1 N–H and O–H groups in total. The molecule has 1 unspecified atom stereocenters. The van der Waals surface area contributed by atoms with Crippen LogP contribution >= 0.6 is 0 Å². The molecular weight excluding hydrogens is 220 g/mol. The molecule has 100 valence electrons. The van der Waals surface area contributed by atoms with Crippen LogP contribution in [0.25, 0.3) is 0 Å². The standard InChI is InChI=1S/C16H26N2/c1-12-6-7-13(2)15(10-12)18-9-8-14(3)17-11-16(18,4)5/h6-7,10,14,17H,8-9,11H2,1-5H3. The van der Waals surface area contributed by atoms with E-state index in [1.54, 1.807) is 0 Å². The van der Waals surface area contributed by atoms with Crippen LogP contribution in [0.1, 0.15) is 38.3 Å². The third-order valence-corrected chi connectivity index (χ3v) is 4.05. The molecule has 1 aliphatic rings. The molecule has 0 bridgehead atoms. The lowest BCUT2D eigenvalue weighted by molar-refractivity contribution is 0.447. The minimum Gasteiger partial charge on any atom is -0.365 e. The van der Waals surface area contributed by atoms with Crippen molar-refractivity contribution in [2.75, 3.05) is 18.0 Å². The van der Waals surface area contributed by atoms with Gasteiger partial charge in [0, 0.05) is 30.4 Å². The summed E-state index contributed by atoms with van der Waals surface area (Å²) in [5, 5.41) is 3.63. The zero-order chi connectivity index (χ0) is 13.3. The first-order valence-electron chi connectivity index (χ1n) is 6.98. The van der Waals surface area contributed by atoms with Gasteiger partial charge in [-0.25, -0.2) is 0 Å². The monoisotopic (exact) mass is 246 g/mol. The van der Waals surface area contributed by atoms with Crippen molar-refractivity contribution in [2.45, 2.75) is 52.6 Å². The molecule has 0 aliphatic carbocycles. The van der Waals surface area contributed by atoms with E-state index in [0.29, 0.717) is 6.04 Å². The first-order valence-corrected chi connectivity index (χ1v) is 6.98. The number of anilines is 1. The molecule has 0 amide bonds. The highest BCUT2D eigenvalue weighted by molar-refractivity contribution is 5.57. The molecular formula is C16H26N2. The number of nitrogens with one attached hydrogen (secondary N) is 1. The predicted molar refractivity (Wildman–Crippen MR) is 79.4 cm³/mol. The van der Waals surface area contributed by atoms with Gasteiger partial charge >= 0.3 is 0 Å². The number of hydrogen-bond acceptors (Lipinski definition) is 2. The van der Waals surface area contributed by atoms with E-state index in [1.165, 1.54) is 23.2 Å². The number of aryl methyl sites for hydroxylation is 2. The van der Waals surface area contributed by atoms with Crippen LogP contribution in [0.4, 0.5) is 5.69 Å². The van der Waals surface area contributed by atoms with Crippen molar-refractivity contribution in [3.05, 3.63) is 29.3 Å². The quantitative estimate of drug-likeness (QED) is 0.818. The van der Waals surface area contributed by atoms with Crippen LogP contribution in [0.15, 0.2) is 18.2 Å². The van der Waals surface area contributed by atoms with Crippen LogP contribution in [0.2, 0.25) is 0 Å². The molecule has 18 heavy (non-hydrogen) atoms. The number of benzene rings is 1. The average molecular weight is 246 g/mol. The van der Waals surface area contributed by atoms with E-state index < -0.39 is 0 Å². The van der Waals surface area contributed by atoms with Gasteiger partial charge in [-0.2, -0.15) is 0 Å². The molecule has 1 atom stereocenters. The maximum atomic E-state index is 3.63. The molecule has 1 aliphatic heterocycles. The second-order valence-electron chi connectivity index (χ2n) is 6.32. The summed E-state index contributed by atoms with van der Waals surface area (Å²) in [7, 11) is 0. The fourth-order valence-electron chi connectivity index (χ4n) is 2.70. The fourth-order valence-corrected chi connectivity index (χ4v) is 2.70. The van der Waals surface area contributed by atoms with Gasteiger partial charge in [-0.3, -0.25) is 0 Å². The minimum atomic E-state index is 0.170. The van der Waals surface area contributed by atoms with Crippen molar-refractivity contribution in [1.29, 1.82) is 0 Å². The zero-order valence-electron chi connectivity index (χ0n) is 12.4. The SMILES string of the molecule is Cc1ccc(C)c(N2CCC(C)NCC2(C)C)c1. The molecule has 1 aromatic rings. The average Bonchev–Trinajstić information content (AvgIpc) is 2.43. The number of hydrogen-bond donors (Lipinski definition) is 1. The first kappa shape index (κ1) is 13.4. The highest BCUT2D eigenvalue weighted by atomic mass is 15.2. The Labute approximate surface area is 111 Å². The smallest absolute Gasteiger partial charge is 0.0470 e. The van der Waals surface area contributed by atoms with Crippen molar-refractivity contribution in [2.24, 2.45) is 0 Å².